The molecule has 1 atom stereocenters. The SMILES string of the molecule is CCCC1=CCC(C(C)(C)C)C1. The lowest BCUT2D eigenvalue weighted by molar-refractivity contribution is 0.251. The molecule has 0 heteroatoms. The standard InChI is InChI=1S/C12H22/c1-5-6-10-7-8-11(9-10)12(2,3)4/h7,11H,5-6,8-9H2,1-4H3. The molecule has 0 aromatic heterocycles. The summed E-state index contributed by atoms with van der Waals surface area (Å²) in [5, 5.41) is 0. The largest absolute Gasteiger partial charge is 0.0850 e. The first-order valence-electron chi connectivity index (χ1n) is 5.22. The summed E-state index contributed by atoms with van der Waals surface area (Å²) in [6, 6.07) is 0. The second-order valence-corrected chi connectivity index (χ2v) is 5.12. The summed E-state index contributed by atoms with van der Waals surface area (Å²) in [6.07, 6.45) is 7.78. The monoisotopic (exact) mass is 166 g/mol. The van der Waals surface area contributed by atoms with Gasteiger partial charge in [-0.2, -0.15) is 0 Å². The van der Waals surface area contributed by atoms with Crippen molar-refractivity contribution in [3.63, 3.8) is 0 Å². The van der Waals surface area contributed by atoms with Crippen LogP contribution in [-0.2, 0) is 0 Å². The molecule has 0 bridgehead atoms. The average molecular weight is 166 g/mol. The Kier molecular flexibility index (Phi) is 2.98. The van der Waals surface area contributed by atoms with E-state index < -0.39 is 0 Å². The zero-order chi connectivity index (χ0) is 9.19. The van der Waals surface area contributed by atoms with E-state index in [2.05, 4.69) is 33.8 Å². The van der Waals surface area contributed by atoms with Gasteiger partial charge < -0.3 is 0 Å². The second-order valence-electron chi connectivity index (χ2n) is 5.12. The van der Waals surface area contributed by atoms with Crippen LogP contribution >= 0.6 is 0 Å². The topological polar surface area (TPSA) is 0 Å². The summed E-state index contributed by atoms with van der Waals surface area (Å²) >= 11 is 0. The van der Waals surface area contributed by atoms with E-state index in [-0.39, 0.29) is 0 Å². The highest BCUT2D eigenvalue weighted by Gasteiger charge is 2.27. The van der Waals surface area contributed by atoms with Gasteiger partial charge >= 0.3 is 0 Å². The van der Waals surface area contributed by atoms with E-state index in [4.69, 9.17) is 0 Å². The summed E-state index contributed by atoms with van der Waals surface area (Å²) < 4.78 is 0. The van der Waals surface area contributed by atoms with Gasteiger partial charge in [-0.05, 0) is 30.6 Å². The summed E-state index contributed by atoms with van der Waals surface area (Å²) in [6.45, 7) is 9.35. The average Bonchev–Trinajstić information content (AvgIpc) is 2.35. The minimum absolute atomic E-state index is 0.506. The molecule has 1 aliphatic rings. The number of hydrogen-bond donors (Lipinski definition) is 0. The molecule has 0 heterocycles. The van der Waals surface area contributed by atoms with Crippen LogP contribution in [0.4, 0.5) is 0 Å². The molecule has 0 fully saturated rings. The molecule has 0 N–H and O–H groups in total. The number of hydrogen-bond acceptors (Lipinski definition) is 0. The molecule has 0 amide bonds. The molecule has 0 aromatic rings. The van der Waals surface area contributed by atoms with Gasteiger partial charge in [0, 0.05) is 0 Å². The molecule has 0 aromatic carbocycles. The van der Waals surface area contributed by atoms with Gasteiger partial charge in [-0.1, -0.05) is 45.8 Å². The van der Waals surface area contributed by atoms with Crippen LogP contribution in [0.15, 0.2) is 11.6 Å². The van der Waals surface area contributed by atoms with Gasteiger partial charge in [-0.15, -0.1) is 0 Å². The third kappa shape index (κ3) is 2.36. The fraction of sp³-hybridized carbons (Fsp3) is 0.833. The number of allylic oxidation sites excluding steroid dienone is 2. The highest BCUT2D eigenvalue weighted by molar-refractivity contribution is 5.11. The zero-order valence-electron chi connectivity index (χ0n) is 8.98. The van der Waals surface area contributed by atoms with Gasteiger partial charge in [-0.25, -0.2) is 0 Å². The number of rotatable bonds is 2. The Hall–Kier alpha value is -0.260. The van der Waals surface area contributed by atoms with E-state index in [9.17, 15) is 0 Å². The van der Waals surface area contributed by atoms with Crippen LogP contribution < -0.4 is 0 Å². The van der Waals surface area contributed by atoms with Gasteiger partial charge in [0.1, 0.15) is 0 Å². The van der Waals surface area contributed by atoms with Crippen molar-refractivity contribution < 1.29 is 0 Å². The highest BCUT2D eigenvalue weighted by Crippen LogP contribution is 2.39. The fourth-order valence-corrected chi connectivity index (χ4v) is 1.98. The normalized spacial score (nSPS) is 24.3. The molecule has 1 rings (SSSR count). The molecule has 0 spiro atoms. The Labute approximate surface area is 77.1 Å². The lowest BCUT2D eigenvalue weighted by Crippen LogP contribution is -2.17. The maximum absolute atomic E-state index is 2.47. The van der Waals surface area contributed by atoms with Crippen LogP contribution in [0.5, 0.6) is 0 Å². The van der Waals surface area contributed by atoms with Crippen LogP contribution in [-0.4, -0.2) is 0 Å². The van der Waals surface area contributed by atoms with Crippen LogP contribution in [0.25, 0.3) is 0 Å². The molecule has 0 saturated heterocycles. The van der Waals surface area contributed by atoms with Gasteiger partial charge in [0.05, 0.1) is 0 Å². The van der Waals surface area contributed by atoms with E-state index in [0.717, 1.165) is 5.92 Å². The van der Waals surface area contributed by atoms with Crippen molar-refractivity contribution in [2.45, 2.75) is 53.4 Å². The van der Waals surface area contributed by atoms with E-state index in [1.54, 1.807) is 5.57 Å². The minimum Gasteiger partial charge on any atom is -0.0850 e. The predicted octanol–water partition coefficient (Wildman–Crippen LogP) is 4.17. The smallest absolute Gasteiger partial charge is 0.0284 e. The molecule has 1 unspecified atom stereocenters. The lowest BCUT2D eigenvalue weighted by Gasteiger charge is -2.27. The minimum atomic E-state index is 0.506. The molecule has 1 aliphatic carbocycles. The second kappa shape index (κ2) is 3.64. The quantitative estimate of drug-likeness (QED) is 0.540. The fourth-order valence-electron chi connectivity index (χ4n) is 1.98. The first kappa shape index (κ1) is 9.83. The first-order valence-corrected chi connectivity index (χ1v) is 5.22. The predicted molar refractivity (Wildman–Crippen MR) is 55.2 cm³/mol. The Morgan fingerprint density at radius 1 is 1.42 bits per heavy atom. The molecule has 0 saturated carbocycles. The van der Waals surface area contributed by atoms with E-state index in [0.29, 0.717) is 5.41 Å². The van der Waals surface area contributed by atoms with Gasteiger partial charge in [0.2, 0.25) is 0 Å². The van der Waals surface area contributed by atoms with E-state index >= 15 is 0 Å². The summed E-state index contributed by atoms with van der Waals surface area (Å²) in [7, 11) is 0. The van der Waals surface area contributed by atoms with Crippen LogP contribution in [0.1, 0.15) is 53.4 Å². The van der Waals surface area contributed by atoms with Gasteiger partial charge in [0.15, 0.2) is 0 Å². The van der Waals surface area contributed by atoms with Crippen molar-refractivity contribution in [1.29, 1.82) is 0 Å². The highest BCUT2D eigenvalue weighted by atomic mass is 14.3. The van der Waals surface area contributed by atoms with Crippen molar-refractivity contribution in [1.82, 2.24) is 0 Å². The van der Waals surface area contributed by atoms with Crippen molar-refractivity contribution in [2.75, 3.05) is 0 Å². The van der Waals surface area contributed by atoms with Crippen LogP contribution in [0.3, 0.4) is 0 Å². The van der Waals surface area contributed by atoms with E-state index in [1.165, 1.54) is 25.7 Å². The summed E-state index contributed by atoms with van der Waals surface area (Å²) in [5.74, 6) is 0.902. The van der Waals surface area contributed by atoms with Crippen molar-refractivity contribution in [3.8, 4) is 0 Å². The Morgan fingerprint density at radius 3 is 2.50 bits per heavy atom. The van der Waals surface area contributed by atoms with Crippen molar-refractivity contribution in [2.24, 2.45) is 11.3 Å². The molecule has 70 valence electrons. The molecule has 12 heavy (non-hydrogen) atoms. The van der Waals surface area contributed by atoms with Crippen molar-refractivity contribution >= 4 is 0 Å². The Bertz CT molecular complexity index is 169. The van der Waals surface area contributed by atoms with Crippen LogP contribution in [0.2, 0.25) is 0 Å². The van der Waals surface area contributed by atoms with E-state index in [1.807, 2.05) is 0 Å². The molecule has 0 radical (unpaired) electrons. The molecular formula is C12H22. The first-order chi connectivity index (χ1) is 5.54. The summed E-state index contributed by atoms with van der Waals surface area (Å²) in [5.41, 5.74) is 2.21. The zero-order valence-corrected chi connectivity index (χ0v) is 8.98. The molecule has 0 aliphatic heterocycles. The van der Waals surface area contributed by atoms with Crippen molar-refractivity contribution in [3.05, 3.63) is 11.6 Å². The third-order valence-corrected chi connectivity index (χ3v) is 3.00. The van der Waals surface area contributed by atoms with Gasteiger partial charge in [-0.3, -0.25) is 0 Å². The lowest BCUT2D eigenvalue weighted by atomic mass is 9.78. The molecule has 0 nitrogen and oxygen atoms in total. The Morgan fingerprint density at radius 2 is 2.08 bits per heavy atom. The van der Waals surface area contributed by atoms with Crippen LogP contribution in [0, 0.1) is 11.3 Å². The summed E-state index contributed by atoms with van der Waals surface area (Å²) in [4.78, 5) is 0. The third-order valence-electron chi connectivity index (χ3n) is 3.00. The Balaban J connectivity index is 2.41. The maximum atomic E-state index is 2.47. The maximum Gasteiger partial charge on any atom is -0.0284 e. The molecular weight excluding hydrogens is 144 g/mol. The van der Waals surface area contributed by atoms with Gasteiger partial charge in [0.25, 0.3) is 0 Å².